The van der Waals surface area contributed by atoms with Gasteiger partial charge in [-0.1, -0.05) is 37.3 Å². The van der Waals surface area contributed by atoms with Gasteiger partial charge in [0, 0.05) is 35.0 Å². The average molecular weight is 364 g/mol. The van der Waals surface area contributed by atoms with Crippen LogP contribution in [0, 0.1) is 13.8 Å². The van der Waals surface area contributed by atoms with E-state index in [1.807, 2.05) is 6.33 Å². The second kappa shape index (κ2) is 7.69. The summed E-state index contributed by atoms with van der Waals surface area (Å²) in [4.78, 5) is 7.43. The first kappa shape index (κ1) is 18.0. The third-order valence-electron chi connectivity index (χ3n) is 5.87. The third-order valence-corrected chi connectivity index (χ3v) is 5.87. The molecule has 0 spiro atoms. The molecule has 5 nitrogen and oxygen atoms in total. The van der Waals surface area contributed by atoms with E-state index in [0.717, 1.165) is 36.7 Å². The number of hydrogen-bond acceptors (Lipinski definition) is 3. The van der Waals surface area contributed by atoms with Crippen LogP contribution in [-0.2, 0) is 6.54 Å². The number of hydrogen-bond donors (Lipinski definition) is 1. The van der Waals surface area contributed by atoms with E-state index in [9.17, 15) is 0 Å². The Morgan fingerprint density at radius 3 is 2.70 bits per heavy atom. The van der Waals surface area contributed by atoms with Crippen molar-refractivity contribution in [2.45, 2.75) is 46.1 Å². The smallest absolute Gasteiger partial charge is 0.0959 e. The molecule has 1 aliphatic heterocycles. The van der Waals surface area contributed by atoms with Crippen molar-refractivity contribution in [2.24, 2.45) is 0 Å². The summed E-state index contributed by atoms with van der Waals surface area (Å²) in [5, 5.41) is 7.50. The van der Waals surface area contributed by atoms with Gasteiger partial charge in [0.1, 0.15) is 0 Å². The molecule has 1 aromatic carbocycles. The number of rotatable bonds is 5. The number of H-pyrrole nitrogens is 1. The lowest BCUT2D eigenvalue weighted by atomic mass is 9.91. The van der Waals surface area contributed by atoms with Gasteiger partial charge < -0.3 is 9.47 Å². The molecule has 0 saturated carbocycles. The Hall–Kier alpha value is -2.40. The molecule has 3 aromatic rings. The minimum atomic E-state index is 0.518. The zero-order chi connectivity index (χ0) is 18.8. The largest absolute Gasteiger partial charge is 0.329 e. The fraction of sp³-hybridized carbons (Fsp3) is 0.455. The minimum absolute atomic E-state index is 0.518. The number of nitrogens with one attached hydrogen (secondary N) is 1. The first-order valence-corrected chi connectivity index (χ1v) is 10.0. The van der Waals surface area contributed by atoms with Gasteiger partial charge in [-0.15, -0.1) is 0 Å². The van der Waals surface area contributed by atoms with Crippen molar-refractivity contribution in [3.8, 4) is 11.3 Å². The lowest BCUT2D eigenvalue weighted by Crippen LogP contribution is -2.35. The van der Waals surface area contributed by atoms with Crippen LogP contribution in [0.2, 0.25) is 0 Å². The van der Waals surface area contributed by atoms with E-state index in [1.54, 1.807) is 0 Å². The van der Waals surface area contributed by atoms with Crippen molar-refractivity contribution in [3.05, 3.63) is 59.3 Å². The Balaban J connectivity index is 1.76. The maximum atomic E-state index is 4.87. The molecule has 2 aromatic heterocycles. The van der Waals surface area contributed by atoms with Gasteiger partial charge in [-0.05, 0) is 39.8 Å². The molecule has 0 bridgehead atoms. The summed E-state index contributed by atoms with van der Waals surface area (Å²) >= 11 is 0. The van der Waals surface area contributed by atoms with Crippen LogP contribution in [0.1, 0.15) is 48.3 Å². The van der Waals surface area contributed by atoms with E-state index in [0.29, 0.717) is 5.92 Å². The average Bonchev–Trinajstić information content (AvgIpc) is 3.27. The van der Waals surface area contributed by atoms with Crippen LogP contribution >= 0.6 is 0 Å². The van der Waals surface area contributed by atoms with Gasteiger partial charge in [0.05, 0.1) is 24.3 Å². The molecule has 5 heteroatoms. The fourth-order valence-corrected chi connectivity index (χ4v) is 4.31. The Kier molecular flexibility index (Phi) is 5.12. The number of likely N-dealkylation sites (tertiary alicyclic amines) is 1. The third kappa shape index (κ3) is 3.56. The molecular formula is C22H29N5. The number of likely N-dealkylation sites (N-methyl/N-ethyl adjacent to an activating group) is 1. The van der Waals surface area contributed by atoms with Crippen LogP contribution in [0.25, 0.3) is 11.3 Å². The van der Waals surface area contributed by atoms with Crippen molar-refractivity contribution >= 4 is 0 Å². The Morgan fingerprint density at radius 1 is 1.19 bits per heavy atom. The van der Waals surface area contributed by atoms with Crippen LogP contribution in [0.3, 0.4) is 0 Å². The number of aryl methyl sites for hydroxylation is 2. The summed E-state index contributed by atoms with van der Waals surface area (Å²) in [6.45, 7) is 10.7. The zero-order valence-corrected chi connectivity index (χ0v) is 16.6. The van der Waals surface area contributed by atoms with Crippen molar-refractivity contribution in [1.29, 1.82) is 0 Å². The minimum Gasteiger partial charge on any atom is -0.329 e. The van der Waals surface area contributed by atoms with Crippen molar-refractivity contribution in [2.75, 3.05) is 19.6 Å². The van der Waals surface area contributed by atoms with Crippen LogP contribution in [-0.4, -0.2) is 44.3 Å². The maximum Gasteiger partial charge on any atom is 0.0959 e. The number of aromatic nitrogens is 4. The lowest BCUT2D eigenvalue weighted by Gasteiger charge is -2.33. The SMILES string of the molecule is CCN1CCCC(c2c(-c3ccccc3)ncn2Cc2c(C)n[nH]c2C)C1. The van der Waals surface area contributed by atoms with E-state index in [1.165, 1.54) is 36.2 Å². The van der Waals surface area contributed by atoms with Crippen molar-refractivity contribution in [3.63, 3.8) is 0 Å². The summed E-state index contributed by atoms with van der Waals surface area (Å²) in [7, 11) is 0. The Morgan fingerprint density at radius 2 is 2.00 bits per heavy atom. The van der Waals surface area contributed by atoms with Gasteiger partial charge in [0.15, 0.2) is 0 Å². The Bertz CT molecular complexity index is 873. The van der Waals surface area contributed by atoms with E-state index in [2.05, 4.69) is 70.8 Å². The van der Waals surface area contributed by atoms with Crippen LogP contribution in [0.15, 0.2) is 36.7 Å². The highest BCUT2D eigenvalue weighted by atomic mass is 15.2. The second-order valence-electron chi connectivity index (χ2n) is 7.62. The van der Waals surface area contributed by atoms with Crippen LogP contribution in [0.4, 0.5) is 0 Å². The van der Waals surface area contributed by atoms with E-state index < -0.39 is 0 Å². The predicted octanol–water partition coefficient (Wildman–Crippen LogP) is 4.14. The molecule has 0 aliphatic carbocycles. The predicted molar refractivity (Wildman–Crippen MR) is 109 cm³/mol. The number of aromatic amines is 1. The van der Waals surface area contributed by atoms with E-state index >= 15 is 0 Å². The van der Waals surface area contributed by atoms with Gasteiger partial charge in [0.25, 0.3) is 0 Å². The van der Waals surface area contributed by atoms with Gasteiger partial charge >= 0.3 is 0 Å². The molecule has 1 saturated heterocycles. The monoisotopic (exact) mass is 363 g/mol. The molecule has 0 radical (unpaired) electrons. The maximum absolute atomic E-state index is 4.87. The summed E-state index contributed by atoms with van der Waals surface area (Å²) < 4.78 is 2.36. The molecule has 1 atom stereocenters. The van der Waals surface area contributed by atoms with Gasteiger partial charge in [-0.2, -0.15) is 5.10 Å². The molecule has 1 fully saturated rings. The normalized spacial score (nSPS) is 18.1. The van der Waals surface area contributed by atoms with E-state index in [-0.39, 0.29) is 0 Å². The molecule has 1 aliphatic rings. The van der Waals surface area contributed by atoms with Gasteiger partial charge in [-0.3, -0.25) is 5.10 Å². The molecule has 1 N–H and O–H groups in total. The molecule has 1 unspecified atom stereocenters. The summed E-state index contributed by atoms with van der Waals surface area (Å²) in [5.41, 5.74) is 7.22. The highest BCUT2D eigenvalue weighted by molar-refractivity contribution is 5.62. The van der Waals surface area contributed by atoms with Crippen molar-refractivity contribution in [1.82, 2.24) is 24.6 Å². The first-order valence-electron chi connectivity index (χ1n) is 10.0. The molecule has 3 heterocycles. The lowest BCUT2D eigenvalue weighted by molar-refractivity contribution is 0.214. The summed E-state index contributed by atoms with van der Waals surface area (Å²) in [5.74, 6) is 0.518. The quantitative estimate of drug-likeness (QED) is 0.741. The highest BCUT2D eigenvalue weighted by Gasteiger charge is 2.27. The zero-order valence-electron chi connectivity index (χ0n) is 16.6. The van der Waals surface area contributed by atoms with Gasteiger partial charge in [-0.25, -0.2) is 4.98 Å². The number of benzene rings is 1. The molecule has 27 heavy (non-hydrogen) atoms. The Labute approximate surface area is 161 Å². The summed E-state index contributed by atoms with van der Waals surface area (Å²) in [6.07, 6.45) is 4.50. The highest BCUT2D eigenvalue weighted by Crippen LogP contribution is 2.34. The first-order chi connectivity index (χ1) is 13.2. The number of imidazole rings is 1. The van der Waals surface area contributed by atoms with E-state index in [4.69, 9.17) is 4.98 Å². The molecule has 0 amide bonds. The van der Waals surface area contributed by atoms with Crippen LogP contribution < -0.4 is 0 Å². The summed E-state index contributed by atoms with van der Waals surface area (Å²) in [6, 6.07) is 10.6. The molecular weight excluding hydrogens is 334 g/mol. The van der Waals surface area contributed by atoms with Crippen LogP contribution in [0.5, 0.6) is 0 Å². The topological polar surface area (TPSA) is 49.7 Å². The molecule has 4 rings (SSSR count). The standard InChI is InChI=1S/C22H29N5/c1-4-26-12-8-11-19(13-26)22-21(18-9-6-5-7-10-18)23-15-27(22)14-20-16(2)24-25-17(20)3/h5-7,9-10,15,19H,4,8,11-14H2,1-3H3,(H,24,25). The second-order valence-corrected chi connectivity index (χ2v) is 7.62. The fourth-order valence-electron chi connectivity index (χ4n) is 4.31. The van der Waals surface area contributed by atoms with Gasteiger partial charge in [0.2, 0.25) is 0 Å². The number of piperidine rings is 1. The number of nitrogens with zero attached hydrogens (tertiary/aromatic N) is 4. The van der Waals surface area contributed by atoms with Crippen molar-refractivity contribution < 1.29 is 0 Å². The molecule has 142 valence electrons.